The Bertz CT molecular complexity index is 1330. The number of rotatable bonds is 8. The van der Waals surface area contributed by atoms with Crippen molar-refractivity contribution in [2.75, 3.05) is 46.5 Å². The molecule has 2 heterocycles. The van der Waals surface area contributed by atoms with E-state index in [2.05, 4.69) is 5.32 Å². The highest BCUT2D eigenvalue weighted by atomic mass is 19.4. The number of benzene rings is 3. The second-order valence-electron chi connectivity index (χ2n) is 11.4. The smallest absolute Gasteiger partial charge is 0.416 e. The molecule has 0 aromatic heterocycles. The standard InChI is InChI=1S/C21H22F3NO3.C13H16F3NO.CH4O.CH4/c22-21(23,24)18-8-10-19(11-9-18)27-15-17-7-4-12-25(13-17)20(26)28-14-16-5-2-1-3-6-16;14-13(15,16)11-3-5-12(6-4-11)18-9-10-2-1-7-17-8-10;1-2;/h1-3,5-6,8-11,17H,4,7,12-15H2;3-6,10,17H,1-2,7-9H2;2H,1H3;1H4/t17-;10-;;/m00../s1. The third-order valence-electron chi connectivity index (χ3n) is 7.72. The molecule has 2 aliphatic rings. The number of likely N-dealkylation sites (tertiary alicyclic amines) is 1. The molecule has 49 heavy (non-hydrogen) atoms. The first-order valence-corrected chi connectivity index (χ1v) is 15.7. The van der Waals surface area contributed by atoms with Crippen molar-refractivity contribution in [3.05, 3.63) is 95.6 Å². The first kappa shape index (κ1) is 41.2. The summed E-state index contributed by atoms with van der Waals surface area (Å²) in [5, 5.41) is 10.3. The van der Waals surface area contributed by atoms with Crippen molar-refractivity contribution in [1.29, 1.82) is 0 Å². The van der Waals surface area contributed by atoms with Crippen LogP contribution in [0.2, 0.25) is 0 Å². The van der Waals surface area contributed by atoms with Crippen LogP contribution in [0.4, 0.5) is 31.1 Å². The Morgan fingerprint density at radius 3 is 1.78 bits per heavy atom. The molecular weight excluding hydrogens is 654 g/mol. The van der Waals surface area contributed by atoms with E-state index in [0.717, 1.165) is 75.7 Å². The SMILES string of the molecule is C.CO.FC(F)(F)c1ccc(OC[C@H]2CCCNC2)cc1.O=C(OCc1ccccc1)N1CCC[C@H](COc2ccc(C(F)(F)F)cc2)C1. The largest absolute Gasteiger partial charge is 0.493 e. The Labute approximate surface area is 284 Å². The van der Waals surface area contributed by atoms with Gasteiger partial charge in [-0.2, -0.15) is 26.3 Å². The summed E-state index contributed by atoms with van der Waals surface area (Å²) in [4.78, 5) is 13.9. The van der Waals surface area contributed by atoms with Gasteiger partial charge in [0.15, 0.2) is 0 Å². The Hall–Kier alpha value is -3.97. The fourth-order valence-corrected chi connectivity index (χ4v) is 5.15. The molecule has 3 aromatic carbocycles. The van der Waals surface area contributed by atoms with E-state index in [1.165, 1.54) is 24.3 Å². The number of piperidine rings is 2. The monoisotopic (exact) mass is 700 g/mol. The molecule has 2 saturated heterocycles. The molecule has 13 heteroatoms. The number of nitrogens with zero attached hydrogens (tertiary/aromatic N) is 1. The van der Waals surface area contributed by atoms with Crippen molar-refractivity contribution in [2.45, 2.75) is 52.1 Å². The molecule has 272 valence electrons. The van der Waals surface area contributed by atoms with E-state index < -0.39 is 23.5 Å². The Balaban J connectivity index is 0.000000344. The zero-order valence-corrected chi connectivity index (χ0v) is 26.7. The molecule has 2 atom stereocenters. The first-order valence-electron chi connectivity index (χ1n) is 15.7. The summed E-state index contributed by atoms with van der Waals surface area (Å²) in [5.41, 5.74) is -0.422. The number of aliphatic hydroxyl groups excluding tert-OH is 1. The summed E-state index contributed by atoms with van der Waals surface area (Å²) >= 11 is 0. The normalized spacial score (nSPS) is 17.6. The molecular formula is C36H46F6N2O5. The lowest BCUT2D eigenvalue weighted by Crippen LogP contribution is -2.41. The van der Waals surface area contributed by atoms with Gasteiger partial charge in [0.05, 0.1) is 24.3 Å². The molecule has 7 nitrogen and oxygen atoms in total. The van der Waals surface area contributed by atoms with Gasteiger partial charge in [0.1, 0.15) is 18.1 Å². The molecule has 2 N–H and O–H groups in total. The molecule has 2 aliphatic heterocycles. The Morgan fingerprint density at radius 2 is 1.29 bits per heavy atom. The lowest BCUT2D eigenvalue weighted by molar-refractivity contribution is -0.138. The van der Waals surface area contributed by atoms with Crippen molar-refractivity contribution in [3.8, 4) is 11.5 Å². The van der Waals surface area contributed by atoms with Gasteiger partial charge in [-0.3, -0.25) is 0 Å². The summed E-state index contributed by atoms with van der Waals surface area (Å²) in [6, 6.07) is 19.0. The highest BCUT2D eigenvalue weighted by Gasteiger charge is 2.31. The Kier molecular flexibility index (Phi) is 17.3. The van der Waals surface area contributed by atoms with E-state index in [-0.39, 0.29) is 26.0 Å². The van der Waals surface area contributed by atoms with Crippen LogP contribution >= 0.6 is 0 Å². The van der Waals surface area contributed by atoms with Crippen LogP contribution < -0.4 is 14.8 Å². The van der Waals surface area contributed by atoms with Gasteiger partial charge < -0.3 is 29.5 Å². The number of carbonyl (C=O) groups is 1. The summed E-state index contributed by atoms with van der Waals surface area (Å²) < 4.78 is 91.3. The number of hydrogen-bond donors (Lipinski definition) is 2. The average molecular weight is 701 g/mol. The van der Waals surface area contributed by atoms with Gasteiger partial charge in [0.2, 0.25) is 0 Å². The first-order chi connectivity index (χ1) is 23.0. The van der Waals surface area contributed by atoms with Crippen molar-refractivity contribution < 1.29 is 50.5 Å². The molecule has 0 spiro atoms. The highest BCUT2D eigenvalue weighted by Crippen LogP contribution is 2.31. The minimum atomic E-state index is -4.36. The number of halogens is 6. The van der Waals surface area contributed by atoms with Gasteiger partial charge in [-0.15, -0.1) is 0 Å². The highest BCUT2D eigenvalue weighted by molar-refractivity contribution is 5.67. The lowest BCUT2D eigenvalue weighted by Gasteiger charge is -2.32. The van der Waals surface area contributed by atoms with E-state index in [1.807, 2.05) is 30.3 Å². The lowest BCUT2D eigenvalue weighted by atomic mass is 9.99. The van der Waals surface area contributed by atoms with Gasteiger partial charge >= 0.3 is 18.4 Å². The second kappa shape index (κ2) is 20.5. The molecule has 0 radical (unpaired) electrons. The van der Waals surface area contributed by atoms with Gasteiger partial charge in [0, 0.05) is 38.6 Å². The van der Waals surface area contributed by atoms with Gasteiger partial charge in [-0.25, -0.2) is 4.79 Å². The van der Waals surface area contributed by atoms with Gasteiger partial charge in [-0.1, -0.05) is 37.8 Å². The van der Waals surface area contributed by atoms with Crippen molar-refractivity contribution >= 4 is 6.09 Å². The molecule has 3 aromatic rings. The summed E-state index contributed by atoms with van der Waals surface area (Å²) in [7, 11) is 1.00. The van der Waals surface area contributed by atoms with Crippen LogP contribution in [-0.2, 0) is 23.7 Å². The maximum absolute atomic E-state index is 12.6. The molecule has 0 unspecified atom stereocenters. The fraction of sp³-hybridized carbons (Fsp3) is 0.472. The minimum Gasteiger partial charge on any atom is -0.493 e. The van der Waals surface area contributed by atoms with Crippen LogP contribution in [0, 0.1) is 11.8 Å². The molecule has 0 aliphatic carbocycles. The molecule has 2 fully saturated rings. The number of alkyl halides is 6. The third-order valence-corrected chi connectivity index (χ3v) is 7.72. The zero-order chi connectivity index (χ0) is 35.0. The number of amides is 1. The molecule has 1 amide bonds. The minimum absolute atomic E-state index is 0. The van der Waals surface area contributed by atoms with Crippen LogP contribution in [0.15, 0.2) is 78.9 Å². The number of aliphatic hydroxyl groups is 1. The van der Waals surface area contributed by atoms with Crippen molar-refractivity contribution in [2.24, 2.45) is 11.8 Å². The second-order valence-corrected chi connectivity index (χ2v) is 11.4. The predicted molar refractivity (Wildman–Crippen MR) is 175 cm³/mol. The number of hydrogen-bond acceptors (Lipinski definition) is 6. The van der Waals surface area contributed by atoms with Crippen LogP contribution in [0.3, 0.4) is 0 Å². The average Bonchev–Trinajstić information content (AvgIpc) is 3.10. The quantitative estimate of drug-likeness (QED) is 0.230. The summed E-state index contributed by atoms with van der Waals surface area (Å²) in [6.45, 7) is 4.21. The van der Waals surface area contributed by atoms with E-state index in [1.54, 1.807) is 4.90 Å². The maximum Gasteiger partial charge on any atom is 0.416 e. The predicted octanol–water partition coefficient (Wildman–Crippen LogP) is 8.46. The topological polar surface area (TPSA) is 80.3 Å². The molecule has 0 bridgehead atoms. The van der Waals surface area contributed by atoms with E-state index >= 15 is 0 Å². The molecule has 5 rings (SSSR count). The number of carbonyl (C=O) groups excluding carboxylic acids is 1. The van der Waals surface area contributed by atoms with E-state index in [0.29, 0.717) is 43.7 Å². The van der Waals surface area contributed by atoms with Gasteiger partial charge in [-0.05, 0) is 86.3 Å². The van der Waals surface area contributed by atoms with Crippen molar-refractivity contribution in [1.82, 2.24) is 10.2 Å². The van der Waals surface area contributed by atoms with E-state index in [9.17, 15) is 31.1 Å². The maximum atomic E-state index is 12.6. The van der Waals surface area contributed by atoms with Crippen LogP contribution in [-0.4, -0.2) is 62.6 Å². The number of nitrogens with one attached hydrogen (secondary N) is 1. The Morgan fingerprint density at radius 1 is 0.776 bits per heavy atom. The van der Waals surface area contributed by atoms with Crippen LogP contribution in [0.25, 0.3) is 0 Å². The van der Waals surface area contributed by atoms with Crippen molar-refractivity contribution in [3.63, 3.8) is 0 Å². The number of ether oxygens (including phenoxy) is 3. The summed E-state index contributed by atoms with van der Waals surface area (Å²) in [5.74, 6) is 1.44. The van der Waals surface area contributed by atoms with Crippen LogP contribution in [0.5, 0.6) is 11.5 Å². The zero-order valence-electron chi connectivity index (χ0n) is 26.7. The molecule has 0 saturated carbocycles. The van der Waals surface area contributed by atoms with Gasteiger partial charge in [0.25, 0.3) is 0 Å². The summed E-state index contributed by atoms with van der Waals surface area (Å²) in [6.07, 6.45) is -5.05. The van der Waals surface area contributed by atoms with E-state index in [4.69, 9.17) is 19.3 Å². The fourth-order valence-electron chi connectivity index (χ4n) is 5.15. The third kappa shape index (κ3) is 14.6. The van der Waals surface area contributed by atoms with Crippen LogP contribution in [0.1, 0.15) is 49.8 Å².